The fourth-order valence-electron chi connectivity index (χ4n) is 1.36. The van der Waals surface area contributed by atoms with E-state index in [0.29, 0.717) is 11.4 Å². The van der Waals surface area contributed by atoms with Gasteiger partial charge in [-0.05, 0) is 43.5 Å². The van der Waals surface area contributed by atoms with E-state index in [0.717, 1.165) is 16.9 Å². The highest BCUT2D eigenvalue weighted by Crippen LogP contribution is 2.26. The Morgan fingerprint density at radius 3 is 2.64 bits per heavy atom. The number of aliphatic hydroxyl groups excluding tert-OH is 1. The molecule has 0 fully saturated rings. The molecule has 1 aromatic carbocycles. The molecule has 1 rings (SSSR count). The van der Waals surface area contributed by atoms with Gasteiger partial charge in [0.05, 0.1) is 13.2 Å². The lowest BCUT2D eigenvalue weighted by Gasteiger charge is -2.11. The molecular weight excluding hydrogens is 200 g/mol. The molecule has 0 saturated carbocycles. The summed E-state index contributed by atoms with van der Waals surface area (Å²) >= 11 is 6.02. The first kappa shape index (κ1) is 11.3. The second-order valence-electron chi connectivity index (χ2n) is 3.45. The fraction of sp³-hybridized carbons (Fsp3) is 0.455. The third-order valence-electron chi connectivity index (χ3n) is 2.18. The van der Waals surface area contributed by atoms with Gasteiger partial charge in [-0.15, -0.1) is 0 Å². The number of methoxy groups -OCH3 is 1. The molecule has 0 aliphatic rings. The Balaban J connectivity index is 3.07. The summed E-state index contributed by atoms with van der Waals surface area (Å²) in [6.45, 7) is 3.70. The summed E-state index contributed by atoms with van der Waals surface area (Å²) in [6.07, 6.45) is 0.236. The molecule has 0 radical (unpaired) electrons. The van der Waals surface area contributed by atoms with Crippen molar-refractivity contribution in [3.05, 3.63) is 28.3 Å². The van der Waals surface area contributed by atoms with Crippen LogP contribution in [0.2, 0.25) is 5.02 Å². The van der Waals surface area contributed by atoms with E-state index in [9.17, 15) is 5.11 Å². The SMILES string of the molecule is COc1cc(Cl)c(C)c(CC(C)O)c1. The van der Waals surface area contributed by atoms with Crippen molar-refractivity contribution in [1.82, 2.24) is 0 Å². The maximum Gasteiger partial charge on any atom is 0.120 e. The third kappa shape index (κ3) is 2.63. The van der Waals surface area contributed by atoms with E-state index in [1.54, 1.807) is 20.1 Å². The molecule has 0 aliphatic carbocycles. The van der Waals surface area contributed by atoms with Crippen LogP contribution in [0.25, 0.3) is 0 Å². The van der Waals surface area contributed by atoms with Crippen LogP contribution in [0, 0.1) is 6.92 Å². The van der Waals surface area contributed by atoms with E-state index in [4.69, 9.17) is 16.3 Å². The molecule has 0 amide bonds. The molecule has 0 aromatic heterocycles. The fourth-order valence-corrected chi connectivity index (χ4v) is 1.59. The second-order valence-corrected chi connectivity index (χ2v) is 3.85. The first-order valence-corrected chi connectivity index (χ1v) is 4.93. The Morgan fingerprint density at radius 1 is 1.50 bits per heavy atom. The molecule has 1 atom stereocenters. The molecule has 3 heteroatoms. The van der Waals surface area contributed by atoms with Crippen molar-refractivity contribution in [3.8, 4) is 5.75 Å². The van der Waals surface area contributed by atoms with E-state index in [2.05, 4.69) is 0 Å². The largest absolute Gasteiger partial charge is 0.497 e. The summed E-state index contributed by atoms with van der Waals surface area (Å²) < 4.78 is 5.11. The van der Waals surface area contributed by atoms with Crippen LogP contribution in [0.1, 0.15) is 18.1 Å². The van der Waals surface area contributed by atoms with E-state index in [-0.39, 0.29) is 6.10 Å². The Labute approximate surface area is 89.5 Å². The van der Waals surface area contributed by atoms with Crippen molar-refractivity contribution in [1.29, 1.82) is 0 Å². The maximum absolute atomic E-state index is 9.30. The minimum atomic E-state index is -0.364. The van der Waals surface area contributed by atoms with Crippen molar-refractivity contribution < 1.29 is 9.84 Å². The van der Waals surface area contributed by atoms with Crippen LogP contribution in [-0.2, 0) is 6.42 Å². The van der Waals surface area contributed by atoms with Crippen LogP contribution < -0.4 is 4.74 Å². The molecule has 2 nitrogen and oxygen atoms in total. The summed E-state index contributed by atoms with van der Waals surface area (Å²) in [7, 11) is 1.60. The number of hydrogen-bond donors (Lipinski definition) is 1. The molecule has 0 heterocycles. The van der Waals surface area contributed by atoms with Gasteiger partial charge in [0.25, 0.3) is 0 Å². The van der Waals surface area contributed by atoms with Crippen LogP contribution in [0.3, 0.4) is 0 Å². The normalized spacial score (nSPS) is 12.6. The van der Waals surface area contributed by atoms with Crippen molar-refractivity contribution in [3.63, 3.8) is 0 Å². The first-order chi connectivity index (χ1) is 6.54. The Bertz CT molecular complexity index is 321. The van der Waals surface area contributed by atoms with Crippen LogP contribution in [0.4, 0.5) is 0 Å². The van der Waals surface area contributed by atoms with Crippen LogP contribution in [0.15, 0.2) is 12.1 Å². The molecule has 14 heavy (non-hydrogen) atoms. The minimum Gasteiger partial charge on any atom is -0.497 e. The number of aliphatic hydroxyl groups is 1. The van der Waals surface area contributed by atoms with Gasteiger partial charge in [0.2, 0.25) is 0 Å². The summed E-state index contributed by atoms with van der Waals surface area (Å²) in [5.41, 5.74) is 2.04. The highest BCUT2D eigenvalue weighted by atomic mass is 35.5. The Kier molecular flexibility index (Phi) is 3.78. The van der Waals surface area contributed by atoms with Crippen molar-refractivity contribution in [2.45, 2.75) is 26.4 Å². The summed E-state index contributed by atoms with van der Waals surface area (Å²) in [6, 6.07) is 3.69. The highest BCUT2D eigenvalue weighted by Gasteiger charge is 2.08. The van der Waals surface area contributed by atoms with Gasteiger partial charge in [0.1, 0.15) is 5.75 Å². The van der Waals surface area contributed by atoms with E-state index in [1.165, 1.54) is 0 Å². The molecule has 0 saturated heterocycles. The van der Waals surface area contributed by atoms with Gasteiger partial charge in [0.15, 0.2) is 0 Å². The number of rotatable bonds is 3. The molecule has 0 spiro atoms. The lowest BCUT2D eigenvalue weighted by atomic mass is 10.0. The first-order valence-electron chi connectivity index (χ1n) is 4.55. The number of ether oxygens (including phenoxy) is 1. The van der Waals surface area contributed by atoms with Gasteiger partial charge in [-0.3, -0.25) is 0 Å². The molecule has 0 bridgehead atoms. The average Bonchev–Trinajstić information content (AvgIpc) is 2.11. The quantitative estimate of drug-likeness (QED) is 0.838. The smallest absolute Gasteiger partial charge is 0.120 e. The number of benzene rings is 1. The third-order valence-corrected chi connectivity index (χ3v) is 2.57. The molecule has 0 aliphatic heterocycles. The number of halogens is 1. The van der Waals surface area contributed by atoms with Gasteiger partial charge in [0, 0.05) is 5.02 Å². The Morgan fingerprint density at radius 2 is 2.14 bits per heavy atom. The lowest BCUT2D eigenvalue weighted by Crippen LogP contribution is -2.06. The minimum absolute atomic E-state index is 0.364. The second kappa shape index (κ2) is 4.67. The topological polar surface area (TPSA) is 29.5 Å². The zero-order valence-corrected chi connectivity index (χ0v) is 9.43. The summed E-state index contributed by atoms with van der Waals surface area (Å²) in [5.74, 6) is 0.733. The van der Waals surface area contributed by atoms with Gasteiger partial charge < -0.3 is 9.84 Å². The summed E-state index contributed by atoms with van der Waals surface area (Å²) in [4.78, 5) is 0. The van der Waals surface area contributed by atoms with Crippen molar-refractivity contribution in [2.24, 2.45) is 0 Å². The highest BCUT2D eigenvalue weighted by molar-refractivity contribution is 6.31. The molecule has 1 aromatic rings. The molecular formula is C11H15ClO2. The average molecular weight is 215 g/mol. The zero-order valence-electron chi connectivity index (χ0n) is 8.67. The molecule has 1 unspecified atom stereocenters. The van der Waals surface area contributed by atoms with Gasteiger partial charge >= 0.3 is 0 Å². The predicted molar refractivity (Wildman–Crippen MR) is 58.1 cm³/mol. The van der Waals surface area contributed by atoms with Gasteiger partial charge in [-0.25, -0.2) is 0 Å². The van der Waals surface area contributed by atoms with Crippen LogP contribution in [-0.4, -0.2) is 18.3 Å². The lowest BCUT2D eigenvalue weighted by molar-refractivity contribution is 0.195. The molecule has 78 valence electrons. The molecule has 1 N–H and O–H groups in total. The standard InChI is InChI=1S/C11H15ClO2/c1-7(13)4-9-5-10(14-3)6-11(12)8(9)2/h5-7,13H,4H2,1-3H3. The van der Waals surface area contributed by atoms with E-state index in [1.807, 2.05) is 13.0 Å². The van der Waals surface area contributed by atoms with E-state index >= 15 is 0 Å². The number of hydrogen-bond acceptors (Lipinski definition) is 2. The van der Waals surface area contributed by atoms with E-state index < -0.39 is 0 Å². The monoisotopic (exact) mass is 214 g/mol. The van der Waals surface area contributed by atoms with Crippen LogP contribution in [0.5, 0.6) is 5.75 Å². The van der Waals surface area contributed by atoms with Crippen molar-refractivity contribution >= 4 is 11.6 Å². The summed E-state index contributed by atoms with van der Waals surface area (Å²) in [5, 5.41) is 9.98. The predicted octanol–water partition coefficient (Wildman–Crippen LogP) is 2.58. The van der Waals surface area contributed by atoms with Crippen molar-refractivity contribution in [2.75, 3.05) is 7.11 Å². The van der Waals surface area contributed by atoms with Gasteiger partial charge in [-0.2, -0.15) is 0 Å². The van der Waals surface area contributed by atoms with Gasteiger partial charge in [-0.1, -0.05) is 11.6 Å². The Hall–Kier alpha value is -0.730. The maximum atomic E-state index is 9.30. The zero-order chi connectivity index (χ0) is 10.7. The van der Waals surface area contributed by atoms with Crippen LogP contribution >= 0.6 is 11.6 Å².